The number of hydrogen-bond acceptors (Lipinski definition) is 4. The highest BCUT2D eigenvalue weighted by Gasteiger charge is 2.38. The van der Waals surface area contributed by atoms with E-state index in [1.54, 1.807) is 17.0 Å². The minimum atomic E-state index is -0.499. The predicted octanol–water partition coefficient (Wildman–Crippen LogP) is 4.51. The number of amidine groups is 1. The molecule has 7 heteroatoms. The topological polar surface area (TPSA) is 61.8 Å². The third-order valence-corrected chi connectivity index (χ3v) is 6.24. The monoisotopic (exact) mass is 441 g/mol. The average Bonchev–Trinajstić information content (AvgIpc) is 3.00. The maximum atomic E-state index is 12.8. The Morgan fingerprint density at radius 3 is 2.77 bits per heavy atom. The van der Waals surface area contributed by atoms with Gasteiger partial charge in [-0.05, 0) is 36.6 Å². The van der Waals surface area contributed by atoms with E-state index >= 15 is 0 Å². The van der Waals surface area contributed by atoms with Crippen molar-refractivity contribution in [3.05, 3.63) is 77.3 Å². The molecular weight excluding hydrogens is 418 g/mol. The molecule has 30 heavy (non-hydrogen) atoms. The van der Waals surface area contributed by atoms with Gasteiger partial charge >= 0.3 is 0 Å². The van der Waals surface area contributed by atoms with Crippen LogP contribution in [0.2, 0.25) is 5.02 Å². The normalized spacial score (nSPS) is 17.4. The number of nitrogens with one attached hydrogen (secondary N) is 1. The van der Waals surface area contributed by atoms with E-state index in [2.05, 4.69) is 16.9 Å². The highest BCUT2D eigenvalue weighted by Crippen LogP contribution is 2.32. The summed E-state index contributed by atoms with van der Waals surface area (Å²) >= 11 is 7.49. The van der Waals surface area contributed by atoms with Gasteiger partial charge in [0.25, 0.3) is 0 Å². The smallest absolute Gasteiger partial charge is 0.242 e. The molecule has 0 saturated carbocycles. The van der Waals surface area contributed by atoms with Gasteiger partial charge < -0.3 is 5.32 Å². The number of carbonyl (C=O) groups excluding carboxylic acids is 2. The fourth-order valence-electron chi connectivity index (χ4n) is 3.02. The van der Waals surface area contributed by atoms with Gasteiger partial charge in [-0.2, -0.15) is 0 Å². The lowest BCUT2D eigenvalue weighted by atomic mass is 10.1. The van der Waals surface area contributed by atoms with Crippen molar-refractivity contribution < 1.29 is 9.59 Å². The van der Waals surface area contributed by atoms with Gasteiger partial charge in [-0.1, -0.05) is 65.8 Å². The SMILES string of the molecule is C=CCN1C(=O)[C@H](CC(=O)NCCc2ccccc2)SC1=Nc1ccc(C)c(Cl)c1. The minimum absolute atomic E-state index is 0.111. The van der Waals surface area contributed by atoms with Crippen LogP contribution in [0.15, 0.2) is 66.2 Å². The Morgan fingerprint density at radius 2 is 2.07 bits per heavy atom. The van der Waals surface area contributed by atoms with Crippen LogP contribution in [-0.2, 0) is 16.0 Å². The summed E-state index contributed by atoms with van der Waals surface area (Å²) in [6.45, 7) is 6.52. The van der Waals surface area contributed by atoms with Gasteiger partial charge in [0.15, 0.2) is 5.17 Å². The summed E-state index contributed by atoms with van der Waals surface area (Å²) < 4.78 is 0. The molecule has 2 amide bonds. The van der Waals surface area contributed by atoms with Gasteiger partial charge in [-0.25, -0.2) is 4.99 Å². The highest BCUT2D eigenvalue weighted by molar-refractivity contribution is 8.15. The Labute approximate surface area is 186 Å². The summed E-state index contributed by atoms with van der Waals surface area (Å²) in [5.74, 6) is -0.273. The second kappa shape index (κ2) is 10.5. The number of hydrogen-bond donors (Lipinski definition) is 1. The molecule has 1 aliphatic heterocycles. The van der Waals surface area contributed by atoms with Gasteiger partial charge in [0.2, 0.25) is 11.8 Å². The van der Waals surface area contributed by atoms with Crippen LogP contribution in [0.1, 0.15) is 17.5 Å². The van der Waals surface area contributed by atoms with Crippen molar-refractivity contribution in [1.82, 2.24) is 10.2 Å². The summed E-state index contributed by atoms with van der Waals surface area (Å²) in [4.78, 5) is 31.3. The van der Waals surface area contributed by atoms with E-state index < -0.39 is 5.25 Å². The van der Waals surface area contributed by atoms with Crippen LogP contribution >= 0.6 is 23.4 Å². The summed E-state index contributed by atoms with van der Waals surface area (Å²) in [7, 11) is 0. The number of aryl methyl sites for hydroxylation is 1. The molecule has 5 nitrogen and oxygen atoms in total. The zero-order valence-corrected chi connectivity index (χ0v) is 18.4. The maximum Gasteiger partial charge on any atom is 0.242 e. The Bertz CT molecular complexity index is 962. The molecule has 0 aromatic heterocycles. The van der Waals surface area contributed by atoms with Gasteiger partial charge in [0.1, 0.15) is 5.25 Å². The lowest BCUT2D eigenvalue weighted by Crippen LogP contribution is -2.35. The number of aliphatic imine (C=N–C) groups is 1. The molecule has 0 aliphatic carbocycles. The van der Waals surface area contributed by atoms with Crippen LogP contribution in [0, 0.1) is 6.92 Å². The van der Waals surface area contributed by atoms with Gasteiger partial charge in [0, 0.05) is 24.5 Å². The molecule has 1 atom stereocenters. The number of amides is 2. The Balaban J connectivity index is 1.63. The van der Waals surface area contributed by atoms with E-state index in [-0.39, 0.29) is 18.2 Å². The zero-order valence-electron chi connectivity index (χ0n) is 16.8. The first-order chi connectivity index (χ1) is 14.5. The van der Waals surface area contributed by atoms with Crippen LogP contribution < -0.4 is 5.32 Å². The fourth-order valence-corrected chi connectivity index (χ4v) is 4.36. The Hall–Kier alpha value is -2.57. The Morgan fingerprint density at radius 1 is 1.30 bits per heavy atom. The molecule has 0 radical (unpaired) electrons. The van der Waals surface area contributed by atoms with Crippen LogP contribution in [-0.4, -0.2) is 40.2 Å². The standard InChI is InChI=1S/C23H24ClN3O2S/c1-3-13-27-22(29)20(15-21(28)25-12-11-17-7-5-4-6-8-17)30-23(27)26-18-10-9-16(2)19(24)14-18/h3-10,14,20H,1,11-13,15H2,2H3,(H,25,28)/t20-/m0/s1. The van der Waals surface area contributed by atoms with E-state index in [9.17, 15) is 9.59 Å². The second-order valence-corrected chi connectivity index (χ2v) is 8.54. The first-order valence-electron chi connectivity index (χ1n) is 9.72. The third kappa shape index (κ3) is 5.74. The molecule has 1 aliphatic rings. The van der Waals surface area contributed by atoms with Crippen LogP contribution in [0.25, 0.3) is 0 Å². The minimum Gasteiger partial charge on any atom is -0.356 e. The molecule has 1 saturated heterocycles. The van der Waals surface area contributed by atoms with Crippen molar-refractivity contribution >= 4 is 46.0 Å². The van der Waals surface area contributed by atoms with E-state index in [0.29, 0.717) is 29.0 Å². The van der Waals surface area contributed by atoms with Crippen LogP contribution in [0.4, 0.5) is 5.69 Å². The molecule has 1 N–H and O–H groups in total. The van der Waals surface area contributed by atoms with Gasteiger partial charge in [-0.3, -0.25) is 14.5 Å². The number of nitrogens with zero attached hydrogens (tertiary/aromatic N) is 2. The van der Waals surface area contributed by atoms with Crippen molar-refractivity contribution in [1.29, 1.82) is 0 Å². The van der Waals surface area contributed by atoms with Crippen molar-refractivity contribution in [2.24, 2.45) is 4.99 Å². The lowest BCUT2D eigenvalue weighted by Gasteiger charge is -2.14. The first kappa shape index (κ1) is 22.1. The van der Waals surface area contributed by atoms with Crippen LogP contribution in [0.3, 0.4) is 0 Å². The molecule has 1 fully saturated rings. The summed E-state index contributed by atoms with van der Waals surface area (Å²) in [6.07, 6.45) is 2.51. The van der Waals surface area contributed by atoms with E-state index in [4.69, 9.17) is 11.6 Å². The van der Waals surface area contributed by atoms with Crippen molar-refractivity contribution in [3.63, 3.8) is 0 Å². The molecule has 0 spiro atoms. The summed E-state index contributed by atoms with van der Waals surface area (Å²) in [5.41, 5.74) is 2.79. The fraction of sp³-hybridized carbons (Fsp3) is 0.261. The van der Waals surface area contributed by atoms with Gasteiger partial charge in [-0.15, -0.1) is 6.58 Å². The maximum absolute atomic E-state index is 12.8. The second-order valence-electron chi connectivity index (χ2n) is 6.96. The number of rotatable bonds is 8. The molecule has 2 aromatic carbocycles. The summed E-state index contributed by atoms with van der Waals surface area (Å²) in [5, 5.41) is 3.58. The molecule has 0 bridgehead atoms. The van der Waals surface area contributed by atoms with Crippen molar-refractivity contribution in [3.8, 4) is 0 Å². The highest BCUT2D eigenvalue weighted by atomic mass is 35.5. The lowest BCUT2D eigenvalue weighted by molar-refractivity contribution is -0.129. The van der Waals surface area contributed by atoms with E-state index in [1.807, 2.05) is 49.4 Å². The average molecular weight is 442 g/mol. The van der Waals surface area contributed by atoms with Crippen LogP contribution in [0.5, 0.6) is 0 Å². The largest absolute Gasteiger partial charge is 0.356 e. The summed E-state index contributed by atoms with van der Waals surface area (Å²) in [6, 6.07) is 15.5. The number of thioether (sulfide) groups is 1. The number of carbonyl (C=O) groups is 2. The molecular formula is C23H24ClN3O2S. The first-order valence-corrected chi connectivity index (χ1v) is 11.0. The quantitative estimate of drug-likeness (QED) is 0.613. The Kier molecular flexibility index (Phi) is 7.71. The molecule has 2 aromatic rings. The van der Waals surface area contributed by atoms with Gasteiger partial charge in [0.05, 0.1) is 5.69 Å². The zero-order chi connectivity index (χ0) is 21.5. The molecule has 3 rings (SSSR count). The molecule has 0 unspecified atom stereocenters. The van der Waals surface area contributed by atoms with E-state index in [1.165, 1.54) is 11.8 Å². The number of benzene rings is 2. The third-order valence-electron chi connectivity index (χ3n) is 4.66. The number of halogens is 1. The van der Waals surface area contributed by atoms with Crippen molar-refractivity contribution in [2.75, 3.05) is 13.1 Å². The predicted molar refractivity (Wildman–Crippen MR) is 124 cm³/mol. The van der Waals surface area contributed by atoms with E-state index in [0.717, 1.165) is 17.5 Å². The molecule has 156 valence electrons. The molecule has 1 heterocycles. The van der Waals surface area contributed by atoms with Crippen molar-refractivity contribution in [2.45, 2.75) is 25.0 Å².